The molecular weight excluding hydrogens is 615 g/mol. The highest BCUT2D eigenvalue weighted by atomic mass is 35.5. The second-order valence-corrected chi connectivity index (χ2v) is 15.4. The van der Waals surface area contributed by atoms with Crippen LogP contribution in [0, 0.1) is 12.7 Å². The smallest absolute Gasteiger partial charge is 0.264 e. The fourth-order valence-corrected chi connectivity index (χ4v) is 8.42. The molecule has 0 unspecified atom stereocenters. The van der Waals surface area contributed by atoms with E-state index in [1.165, 1.54) is 27.4 Å². The van der Waals surface area contributed by atoms with Gasteiger partial charge in [0.1, 0.15) is 17.7 Å². The fraction of sp³-hybridized carbons (Fsp3) is 0.323. The molecule has 0 aliphatic carbocycles. The molecular formula is C31H32ClFN2O6S2. The summed E-state index contributed by atoms with van der Waals surface area (Å²) in [6.45, 7) is 3.81. The lowest BCUT2D eigenvalue weighted by Gasteiger charge is -2.36. The number of anilines is 1. The number of amides is 1. The largest absolute Gasteiger partial charge is 0.486 e. The van der Waals surface area contributed by atoms with Crippen LogP contribution in [0.3, 0.4) is 0 Å². The maximum atomic E-state index is 14.6. The zero-order chi connectivity index (χ0) is 30.9. The molecule has 0 aromatic heterocycles. The summed E-state index contributed by atoms with van der Waals surface area (Å²) in [5, 5.41) is 0.266. The number of allylic oxidation sites excluding steroid dienone is 1. The van der Waals surface area contributed by atoms with E-state index in [4.69, 9.17) is 16.3 Å². The van der Waals surface area contributed by atoms with Crippen LogP contribution in [-0.2, 0) is 24.7 Å². The van der Waals surface area contributed by atoms with E-state index in [0.717, 1.165) is 5.56 Å². The first-order valence-electron chi connectivity index (χ1n) is 13.8. The number of rotatable bonds is 7. The molecule has 0 saturated carbocycles. The molecule has 1 saturated heterocycles. The molecule has 8 nitrogen and oxygen atoms in total. The second kappa shape index (κ2) is 12.3. The molecule has 12 heteroatoms. The molecule has 43 heavy (non-hydrogen) atoms. The summed E-state index contributed by atoms with van der Waals surface area (Å²) in [5.74, 6) is -0.445. The van der Waals surface area contributed by atoms with E-state index >= 15 is 0 Å². The van der Waals surface area contributed by atoms with Crippen molar-refractivity contribution in [1.82, 2.24) is 4.90 Å². The van der Waals surface area contributed by atoms with Gasteiger partial charge >= 0.3 is 0 Å². The first-order valence-corrected chi connectivity index (χ1v) is 17.5. The van der Waals surface area contributed by atoms with E-state index in [9.17, 15) is 26.0 Å². The van der Waals surface area contributed by atoms with E-state index in [1.54, 1.807) is 49.4 Å². The van der Waals surface area contributed by atoms with Crippen molar-refractivity contribution in [1.29, 1.82) is 0 Å². The van der Waals surface area contributed by atoms with Gasteiger partial charge in [-0.3, -0.25) is 9.10 Å². The van der Waals surface area contributed by atoms with E-state index < -0.39 is 31.8 Å². The number of sulfone groups is 1. The third-order valence-electron chi connectivity index (χ3n) is 7.61. The summed E-state index contributed by atoms with van der Waals surface area (Å²) in [6.07, 6.45) is 1.44. The molecule has 0 radical (unpaired) electrons. The molecule has 0 spiro atoms. The van der Waals surface area contributed by atoms with Crippen LogP contribution in [0.2, 0.25) is 5.02 Å². The number of aryl methyl sites for hydroxylation is 1. The zero-order valence-electron chi connectivity index (χ0n) is 23.8. The van der Waals surface area contributed by atoms with Gasteiger partial charge in [0.15, 0.2) is 9.84 Å². The molecule has 0 bridgehead atoms. The van der Waals surface area contributed by atoms with Crippen LogP contribution >= 0.6 is 11.6 Å². The average Bonchev–Trinajstić information content (AvgIpc) is 2.95. The van der Waals surface area contributed by atoms with Crippen LogP contribution in [0.4, 0.5) is 10.1 Å². The average molecular weight is 647 g/mol. The minimum Gasteiger partial charge on any atom is -0.486 e. The summed E-state index contributed by atoms with van der Waals surface area (Å²) in [6, 6.07) is 16.2. The standard InChI is InChI=1S/C31H32ClFN2O6S2/c1-21-5-3-6-25(17-21)43(39,40)35-20-24(10-12-30(36)34-13-15-42(37,38)16-14-34)41-29-11-9-23(19-28(29)35)18-22(2)31-26(32)7-4-8-27(31)33/h3-9,11,17-19,24H,10,12-16,20H2,1-2H3/b22-18+/t24-/m0/s1. The summed E-state index contributed by atoms with van der Waals surface area (Å²) in [5.41, 5.74) is 2.56. The highest BCUT2D eigenvalue weighted by Gasteiger charge is 2.35. The van der Waals surface area contributed by atoms with Crippen molar-refractivity contribution in [3.05, 3.63) is 88.2 Å². The van der Waals surface area contributed by atoms with E-state index in [-0.39, 0.29) is 65.4 Å². The number of halogens is 2. The van der Waals surface area contributed by atoms with Crippen molar-refractivity contribution in [3.8, 4) is 5.75 Å². The Hall–Kier alpha value is -3.41. The zero-order valence-corrected chi connectivity index (χ0v) is 26.2. The van der Waals surface area contributed by atoms with Crippen molar-refractivity contribution < 1.29 is 30.8 Å². The van der Waals surface area contributed by atoms with Crippen LogP contribution in [0.15, 0.2) is 65.6 Å². The highest BCUT2D eigenvalue weighted by Crippen LogP contribution is 2.40. The number of carbonyl (C=O) groups is 1. The molecule has 3 aromatic carbocycles. The Balaban J connectivity index is 1.45. The van der Waals surface area contributed by atoms with Gasteiger partial charge in [-0.05, 0) is 73.4 Å². The Kier molecular flexibility index (Phi) is 8.87. The predicted octanol–water partition coefficient (Wildman–Crippen LogP) is 5.34. The summed E-state index contributed by atoms with van der Waals surface area (Å²) in [7, 11) is -7.15. The van der Waals surface area contributed by atoms with Gasteiger partial charge in [-0.1, -0.05) is 41.9 Å². The Bertz CT molecular complexity index is 1780. The monoisotopic (exact) mass is 646 g/mol. The van der Waals surface area contributed by atoms with Crippen molar-refractivity contribution in [3.63, 3.8) is 0 Å². The van der Waals surface area contributed by atoms with Gasteiger partial charge in [-0.2, -0.15) is 0 Å². The van der Waals surface area contributed by atoms with Crippen molar-refractivity contribution >= 4 is 54.7 Å². The maximum absolute atomic E-state index is 14.6. The van der Waals surface area contributed by atoms with Crippen molar-refractivity contribution in [2.24, 2.45) is 0 Å². The van der Waals surface area contributed by atoms with Gasteiger partial charge in [0, 0.05) is 25.1 Å². The van der Waals surface area contributed by atoms with Crippen LogP contribution in [-0.4, -0.2) is 64.9 Å². The number of ether oxygens (including phenoxy) is 1. The molecule has 1 amide bonds. The first-order chi connectivity index (χ1) is 20.3. The van der Waals surface area contributed by atoms with Crippen LogP contribution < -0.4 is 9.04 Å². The lowest BCUT2D eigenvalue weighted by atomic mass is 10.0. The number of hydrogen-bond acceptors (Lipinski definition) is 6. The van der Waals surface area contributed by atoms with Gasteiger partial charge in [0.25, 0.3) is 10.0 Å². The van der Waals surface area contributed by atoms with Crippen molar-refractivity contribution in [2.45, 2.75) is 37.7 Å². The number of nitrogens with zero attached hydrogens (tertiary/aromatic N) is 2. The molecule has 2 aliphatic rings. The molecule has 3 aromatic rings. The number of carbonyl (C=O) groups excluding carboxylic acids is 1. The summed E-state index contributed by atoms with van der Waals surface area (Å²) < 4.78 is 73.5. The molecule has 1 fully saturated rings. The quantitative estimate of drug-likeness (QED) is 0.321. The van der Waals surface area contributed by atoms with Crippen LogP contribution in [0.5, 0.6) is 5.75 Å². The summed E-state index contributed by atoms with van der Waals surface area (Å²) in [4.78, 5) is 14.5. The Morgan fingerprint density at radius 1 is 1.09 bits per heavy atom. The predicted molar refractivity (Wildman–Crippen MR) is 166 cm³/mol. The molecule has 5 rings (SSSR count). The van der Waals surface area contributed by atoms with Crippen LogP contribution in [0.25, 0.3) is 11.6 Å². The van der Waals surface area contributed by atoms with Crippen LogP contribution in [0.1, 0.15) is 36.5 Å². The second-order valence-electron chi connectivity index (χ2n) is 10.8. The van der Waals surface area contributed by atoms with Gasteiger partial charge < -0.3 is 9.64 Å². The minimum atomic E-state index is -4.02. The molecule has 1 atom stereocenters. The van der Waals surface area contributed by atoms with E-state index in [2.05, 4.69) is 0 Å². The Morgan fingerprint density at radius 2 is 1.81 bits per heavy atom. The molecule has 2 heterocycles. The van der Waals surface area contributed by atoms with Gasteiger partial charge in [0.2, 0.25) is 5.91 Å². The lowest BCUT2D eigenvalue weighted by molar-refractivity contribution is -0.131. The third kappa shape index (κ3) is 6.89. The number of sulfonamides is 1. The lowest BCUT2D eigenvalue weighted by Crippen LogP contribution is -2.46. The topological polar surface area (TPSA) is 101 Å². The van der Waals surface area contributed by atoms with Crippen molar-refractivity contribution in [2.75, 3.05) is 35.4 Å². The van der Waals surface area contributed by atoms with E-state index in [1.807, 2.05) is 13.0 Å². The van der Waals surface area contributed by atoms with Gasteiger partial charge in [0.05, 0.1) is 33.7 Å². The molecule has 0 N–H and O–H groups in total. The van der Waals surface area contributed by atoms with Gasteiger partial charge in [-0.25, -0.2) is 21.2 Å². The summed E-state index contributed by atoms with van der Waals surface area (Å²) >= 11 is 6.26. The minimum absolute atomic E-state index is 0.0315. The fourth-order valence-electron chi connectivity index (χ4n) is 5.30. The number of benzene rings is 3. The first kappa shape index (κ1) is 31.0. The normalized spacial score (nSPS) is 18.6. The highest BCUT2D eigenvalue weighted by molar-refractivity contribution is 7.93. The molecule has 2 aliphatic heterocycles. The van der Waals surface area contributed by atoms with Gasteiger partial charge in [-0.15, -0.1) is 0 Å². The number of hydrogen-bond donors (Lipinski definition) is 0. The number of fused-ring (bicyclic) bond motifs is 1. The Morgan fingerprint density at radius 3 is 2.51 bits per heavy atom. The molecule has 228 valence electrons. The van der Waals surface area contributed by atoms with E-state index in [0.29, 0.717) is 22.6 Å². The SMILES string of the molecule is C/C(=C\c1ccc2c(c1)N(S(=O)(=O)c1cccc(C)c1)C[C@H](CCC(=O)N1CCS(=O)(=O)CC1)O2)c1c(F)cccc1Cl. The Labute approximate surface area is 256 Å². The third-order valence-corrected chi connectivity index (χ3v) is 11.3. The maximum Gasteiger partial charge on any atom is 0.264 e.